The molecule has 0 amide bonds. The highest BCUT2D eigenvalue weighted by Crippen LogP contribution is 2.14. The molecule has 2 aromatic rings. The summed E-state index contributed by atoms with van der Waals surface area (Å²) in [5.74, 6) is 4.03. The van der Waals surface area contributed by atoms with Crippen LogP contribution in [0.3, 0.4) is 0 Å². The van der Waals surface area contributed by atoms with Gasteiger partial charge in [-0.05, 0) is 31.9 Å². The topological polar surface area (TPSA) is 80.3 Å². The summed E-state index contributed by atoms with van der Waals surface area (Å²) in [4.78, 5) is 4.60. The van der Waals surface area contributed by atoms with Crippen molar-refractivity contribution in [3.05, 3.63) is 35.8 Å². The van der Waals surface area contributed by atoms with E-state index in [1.165, 1.54) is 19.3 Å². The average Bonchev–Trinajstić information content (AvgIpc) is 3.20. The van der Waals surface area contributed by atoms with Gasteiger partial charge in [-0.2, -0.15) is 0 Å². The van der Waals surface area contributed by atoms with Gasteiger partial charge in [0.25, 0.3) is 0 Å². The predicted molar refractivity (Wildman–Crippen MR) is 113 cm³/mol. The molecule has 2 N–H and O–H groups in total. The van der Waals surface area contributed by atoms with Crippen LogP contribution >= 0.6 is 24.0 Å². The van der Waals surface area contributed by atoms with Crippen molar-refractivity contribution in [2.75, 3.05) is 19.6 Å². The Balaban J connectivity index is 0.00000243. The van der Waals surface area contributed by atoms with E-state index in [1.54, 1.807) is 6.26 Å². The van der Waals surface area contributed by atoms with Crippen molar-refractivity contribution in [3.8, 4) is 0 Å². The highest BCUT2D eigenvalue weighted by Gasteiger charge is 2.14. The number of halogens is 1. The summed E-state index contributed by atoms with van der Waals surface area (Å²) in [5, 5.41) is 15.4. The second kappa shape index (κ2) is 11.2. The monoisotopic (exact) mass is 472 g/mol. The standard InChI is InChI=1S/C18H28N6O.HI/c1-2-19-18(20-11-9-15-7-6-14-25-15)21-12-10-17-23-22-16-8-4-3-5-13-24(16)17;/h6-7,14H,2-5,8-13H2,1H3,(H2,19,20,21);1H. The van der Waals surface area contributed by atoms with E-state index in [1.807, 2.05) is 12.1 Å². The fourth-order valence-electron chi connectivity index (χ4n) is 3.10. The van der Waals surface area contributed by atoms with Crippen LogP contribution in [-0.2, 0) is 25.8 Å². The number of furan rings is 1. The van der Waals surface area contributed by atoms with Crippen LogP contribution in [0.2, 0.25) is 0 Å². The van der Waals surface area contributed by atoms with E-state index < -0.39 is 0 Å². The maximum atomic E-state index is 5.34. The second-order valence-corrected chi connectivity index (χ2v) is 6.26. The number of aliphatic imine (C=N–C) groups is 1. The van der Waals surface area contributed by atoms with Crippen molar-refractivity contribution in [3.63, 3.8) is 0 Å². The van der Waals surface area contributed by atoms with E-state index in [0.29, 0.717) is 6.54 Å². The molecule has 2 aromatic heterocycles. The fraction of sp³-hybridized carbons (Fsp3) is 0.611. The molecule has 0 spiro atoms. The summed E-state index contributed by atoms with van der Waals surface area (Å²) >= 11 is 0. The van der Waals surface area contributed by atoms with Crippen LogP contribution in [0.4, 0.5) is 0 Å². The third kappa shape index (κ3) is 6.00. The van der Waals surface area contributed by atoms with Crippen LogP contribution < -0.4 is 10.6 Å². The third-order valence-electron chi connectivity index (χ3n) is 4.38. The molecular weight excluding hydrogens is 443 g/mol. The Hall–Kier alpha value is -1.58. The first-order valence-corrected chi connectivity index (χ1v) is 9.32. The SMILES string of the molecule is CCNC(=NCCc1ccco1)NCCc1nnc2n1CCCCC2.I. The smallest absolute Gasteiger partial charge is 0.191 e. The number of nitrogens with zero attached hydrogens (tertiary/aromatic N) is 4. The molecule has 0 unspecified atom stereocenters. The molecule has 3 rings (SSSR count). The van der Waals surface area contributed by atoms with Gasteiger partial charge >= 0.3 is 0 Å². The van der Waals surface area contributed by atoms with Crippen molar-refractivity contribution >= 4 is 29.9 Å². The molecule has 26 heavy (non-hydrogen) atoms. The van der Waals surface area contributed by atoms with E-state index in [9.17, 15) is 0 Å². The highest BCUT2D eigenvalue weighted by atomic mass is 127. The second-order valence-electron chi connectivity index (χ2n) is 6.26. The van der Waals surface area contributed by atoms with E-state index >= 15 is 0 Å². The first kappa shape index (κ1) is 20.7. The molecule has 0 saturated carbocycles. The van der Waals surface area contributed by atoms with Crippen LogP contribution in [0.15, 0.2) is 27.8 Å². The zero-order chi connectivity index (χ0) is 17.3. The lowest BCUT2D eigenvalue weighted by Gasteiger charge is -2.11. The summed E-state index contributed by atoms with van der Waals surface area (Å²) in [6.45, 7) is 5.46. The van der Waals surface area contributed by atoms with Gasteiger partial charge in [-0.1, -0.05) is 6.42 Å². The lowest BCUT2D eigenvalue weighted by Crippen LogP contribution is -2.38. The Morgan fingerprint density at radius 1 is 1.23 bits per heavy atom. The van der Waals surface area contributed by atoms with Crippen LogP contribution in [0.5, 0.6) is 0 Å². The van der Waals surface area contributed by atoms with E-state index in [0.717, 1.165) is 62.3 Å². The number of aromatic nitrogens is 3. The zero-order valence-electron chi connectivity index (χ0n) is 15.4. The minimum atomic E-state index is 0. The largest absolute Gasteiger partial charge is 0.469 e. The minimum absolute atomic E-state index is 0. The molecule has 0 fully saturated rings. The molecule has 7 nitrogen and oxygen atoms in total. The maximum Gasteiger partial charge on any atom is 0.191 e. The average molecular weight is 472 g/mol. The van der Waals surface area contributed by atoms with Crippen molar-refractivity contribution in [2.45, 2.75) is 52.0 Å². The van der Waals surface area contributed by atoms with Gasteiger partial charge in [-0.25, -0.2) is 0 Å². The summed E-state index contributed by atoms with van der Waals surface area (Å²) < 4.78 is 7.64. The first-order chi connectivity index (χ1) is 12.4. The van der Waals surface area contributed by atoms with E-state index in [-0.39, 0.29) is 24.0 Å². The molecule has 3 heterocycles. The Bertz CT molecular complexity index is 667. The van der Waals surface area contributed by atoms with Crippen LogP contribution in [0.25, 0.3) is 0 Å². The predicted octanol–water partition coefficient (Wildman–Crippen LogP) is 2.56. The molecule has 1 aliphatic rings. The summed E-state index contributed by atoms with van der Waals surface area (Å²) in [6, 6.07) is 3.89. The van der Waals surface area contributed by atoms with Crippen molar-refractivity contribution in [1.29, 1.82) is 0 Å². The van der Waals surface area contributed by atoms with Crippen LogP contribution in [0.1, 0.15) is 43.6 Å². The van der Waals surface area contributed by atoms with Gasteiger partial charge in [0.05, 0.1) is 6.26 Å². The molecule has 0 aliphatic carbocycles. The van der Waals surface area contributed by atoms with Gasteiger partial charge in [0.2, 0.25) is 0 Å². The van der Waals surface area contributed by atoms with Gasteiger partial charge < -0.3 is 19.6 Å². The molecule has 1 aliphatic heterocycles. The fourth-order valence-corrected chi connectivity index (χ4v) is 3.10. The van der Waals surface area contributed by atoms with E-state index in [4.69, 9.17) is 4.42 Å². The first-order valence-electron chi connectivity index (χ1n) is 9.32. The van der Waals surface area contributed by atoms with Crippen LogP contribution in [-0.4, -0.2) is 40.4 Å². The number of aryl methyl sites for hydroxylation is 1. The molecule has 0 aromatic carbocycles. The number of guanidine groups is 1. The Morgan fingerprint density at radius 3 is 2.96 bits per heavy atom. The quantitative estimate of drug-likeness (QED) is 0.368. The lowest BCUT2D eigenvalue weighted by atomic mass is 10.2. The molecular formula is C18H29IN6O. The number of hydrogen-bond donors (Lipinski definition) is 2. The molecule has 0 saturated heterocycles. The van der Waals surface area contributed by atoms with Crippen molar-refractivity contribution in [1.82, 2.24) is 25.4 Å². The number of rotatable bonds is 7. The van der Waals surface area contributed by atoms with E-state index in [2.05, 4.69) is 37.3 Å². The maximum absolute atomic E-state index is 5.34. The van der Waals surface area contributed by atoms with Gasteiger partial charge in [0.15, 0.2) is 5.96 Å². The lowest BCUT2D eigenvalue weighted by molar-refractivity contribution is 0.510. The normalized spacial score (nSPS) is 14.3. The Kier molecular flexibility index (Phi) is 8.93. The molecule has 0 atom stereocenters. The van der Waals surface area contributed by atoms with Gasteiger partial charge in [-0.15, -0.1) is 34.2 Å². The summed E-state index contributed by atoms with van der Waals surface area (Å²) in [6.07, 6.45) is 8.15. The van der Waals surface area contributed by atoms with Gasteiger partial charge in [-0.3, -0.25) is 4.99 Å². The van der Waals surface area contributed by atoms with Gasteiger partial charge in [0.1, 0.15) is 17.4 Å². The molecule has 8 heteroatoms. The molecule has 144 valence electrons. The van der Waals surface area contributed by atoms with Crippen LogP contribution in [0, 0.1) is 0 Å². The zero-order valence-corrected chi connectivity index (χ0v) is 17.7. The highest BCUT2D eigenvalue weighted by molar-refractivity contribution is 14.0. The summed E-state index contributed by atoms with van der Waals surface area (Å²) in [5.41, 5.74) is 0. The molecule has 0 bridgehead atoms. The number of fused-ring (bicyclic) bond motifs is 1. The Morgan fingerprint density at radius 2 is 2.15 bits per heavy atom. The Labute approximate surface area is 172 Å². The third-order valence-corrected chi connectivity index (χ3v) is 4.38. The van der Waals surface area contributed by atoms with Crippen molar-refractivity contribution in [2.24, 2.45) is 4.99 Å². The number of nitrogens with one attached hydrogen (secondary N) is 2. The van der Waals surface area contributed by atoms with Crippen molar-refractivity contribution < 1.29 is 4.42 Å². The molecule has 0 radical (unpaired) electrons. The number of hydrogen-bond acceptors (Lipinski definition) is 4. The van der Waals surface area contributed by atoms with Gasteiger partial charge in [0, 0.05) is 45.4 Å². The minimum Gasteiger partial charge on any atom is -0.469 e. The summed E-state index contributed by atoms with van der Waals surface area (Å²) in [7, 11) is 0.